The quantitative estimate of drug-likeness (QED) is 0.600. The molecule has 0 aromatic carbocycles. The molecule has 0 spiro atoms. The Morgan fingerprint density at radius 3 is 2.27 bits per heavy atom. The number of hydrogen-bond donors (Lipinski definition) is 1. The molecule has 0 rings (SSSR count). The van der Waals surface area contributed by atoms with Gasteiger partial charge in [0.05, 0.1) is 13.2 Å². The molecule has 0 amide bonds. The van der Waals surface area contributed by atoms with Gasteiger partial charge >= 0.3 is 5.97 Å². The molecule has 0 unspecified atom stereocenters. The lowest BCUT2D eigenvalue weighted by atomic mass is 9.98. The van der Waals surface area contributed by atoms with Crippen LogP contribution in [0.15, 0.2) is 0 Å². The second-order valence-electron chi connectivity index (χ2n) is 3.88. The van der Waals surface area contributed by atoms with Crippen LogP contribution in [0.2, 0.25) is 0 Å². The van der Waals surface area contributed by atoms with Crippen LogP contribution in [-0.2, 0) is 9.53 Å². The van der Waals surface area contributed by atoms with E-state index in [0.717, 1.165) is 6.54 Å². The van der Waals surface area contributed by atoms with E-state index in [2.05, 4.69) is 19.2 Å². The van der Waals surface area contributed by atoms with Crippen LogP contribution in [-0.4, -0.2) is 25.7 Å². The Kier molecular flexibility index (Phi) is 9.59. The molecule has 15 heavy (non-hydrogen) atoms. The highest BCUT2D eigenvalue weighted by Gasteiger charge is 2.07. The van der Waals surface area contributed by atoms with E-state index >= 15 is 0 Å². The van der Waals surface area contributed by atoms with Gasteiger partial charge in [-0.1, -0.05) is 26.7 Å². The maximum absolute atomic E-state index is 11.1. The molecule has 0 fully saturated rings. The number of carbonyl (C=O) groups is 1. The SMILES string of the molecule is CCCC(CCC)CNCC(=O)OCC. The third-order valence-corrected chi connectivity index (χ3v) is 2.40. The maximum atomic E-state index is 11.1. The molecule has 0 heterocycles. The molecule has 0 bridgehead atoms. The molecule has 90 valence electrons. The Hall–Kier alpha value is -0.570. The van der Waals surface area contributed by atoms with Crippen molar-refractivity contribution in [3.63, 3.8) is 0 Å². The van der Waals surface area contributed by atoms with E-state index in [1.807, 2.05) is 6.92 Å². The molecule has 0 aromatic heterocycles. The molecule has 0 saturated carbocycles. The average Bonchev–Trinajstić information content (AvgIpc) is 2.19. The molecule has 0 saturated heterocycles. The lowest BCUT2D eigenvalue weighted by Gasteiger charge is -2.15. The summed E-state index contributed by atoms with van der Waals surface area (Å²) in [5, 5.41) is 3.17. The van der Waals surface area contributed by atoms with Crippen LogP contribution in [0.5, 0.6) is 0 Å². The first-order valence-electron chi connectivity index (χ1n) is 6.10. The highest BCUT2D eigenvalue weighted by molar-refractivity contribution is 5.71. The van der Waals surface area contributed by atoms with Crippen molar-refractivity contribution in [1.29, 1.82) is 0 Å². The van der Waals surface area contributed by atoms with Crippen LogP contribution in [0.3, 0.4) is 0 Å². The second-order valence-corrected chi connectivity index (χ2v) is 3.88. The van der Waals surface area contributed by atoms with Gasteiger partial charge in [0.25, 0.3) is 0 Å². The van der Waals surface area contributed by atoms with Crippen LogP contribution in [0.4, 0.5) is 0 Å². The fourth-order valence-electron chi connectivity index (χ4n) is 1.76. The first-order chi connectivity index (χ1) is 7.24. The van der Waals surface area contributed by atoms with Gasteiger partial charge in [0.1, 0.15) is 0 Å². The van der Waals surface area contributed by atoms with Gasteiger partial charge in [-0.15, -0.1) is 0 Å². The zero-order valence-corrected chi connectivity index (χ0v) is 10.3. The first-order valence-corrected chi connectivity index (χ1v) is 6.10. The molecule has 0 aromatic rings. The number of carbonyl (C=O) groups excluding carboxylic acids is 1. The lowest BCUT2D eigenvalue weighted by molar-refractivity contribution is -0.142. The van der Waals surface area contributed by atoms with Crippen molar-refractivity contribution in [3.8, 4) is 0 Å². The van der Waals surface area contributed by atoms with Crippen LogP contribution in [0.25, 0.3) is 0 Å². The molecule has 0 atom stereocenters. The summed E-state index contributed by atoms with van der Waals surface area (Å²) in [5.41, 5.74) is 0. The zero-order valence-electron chi connectivity index (χ0n) is 10.3. The minimum atomic E-state index is -0.149. The van der Waals surface area contributed by atoms with E-state index in [4.69, 9.17) is 4.74 Å². The Labute approximate surface area is 93.6 Å². The largest absolute Gasteiger partial charge is 0.465 e. The van der Waals surface area contributed by atoms with Crippen molar-refractivity contribution in [1.82, 2.24) is 5.32 Å². The van der Waals surface area contributed by atoms with E-state index in [-0.39, 0.29) is 5.97 Å². The third kappa shape index (κ3) is 8.43. The van der Waals surface area contributed by atoms with Gasteiger partial charge in [0.2, 0.25) is 0 Å². The van der Waals surface area contributed by atoms with Crippen molar-refractivity contribution < 1.29 is 9.53 Å². The Balaban J connectivity index is 3.55. The van der Waals surface area contributed by atoms with Gasteiger partial charge in [-0.05, 0) is 32.2 Å². The molecule has 3 heteroatoms. The van der Waals surface area contributed by atoms with Crippen LogP contribution in [0, 0.1) is 5.92 Å². The topological polar surface area (TPSA) is 38.3 Å². The van der Waals surface area contributed by atoms with E-state index in [9.17, 15) is 4.79 Å². The number of ether oxygens (including phenoxy) is 1. The highest BCUT2D eigenvalue weighted by atomic mass is 16.5. The molecule has 0 aliphatic rings. The number of hydrogen-bond acceptors (Lipinski definition) is 3. The Morgan fingerprint density at radius 2 is 1.80 bits per heavy atom. The molecular weight excluding hydrogens is 190 g/mol. The van der Waals surface area contributed by atoms with E-state index < -0.39 is 0 Å². The van der Waals surface area contributed by atoms with Crippen LogP contribution < -0.4 is 5.32 Å². The summed E-state index contributed by atoms with van der Waals surface area (Å²) < 4.78 is 4.84. The van der Waals surface area contributed by atoms with Gasteiger partial charge in [-0.3, -0.25) is 4.79 Å². The summed E-state index contributed by atoms with van der Waals surface area (Å²) in [6.45, 7) is 7.98. The molecule has 0 aliphatic carbocycles. The van der Waals surface area contributed by atoms with Gasteiger partial charge in [-0.2, -0.15) is 0 Å². The molecule has 1 N–H and O–H groups in total. The number of rotatable bonds is 9. The van der Waals surface area contributed by atoms with Gasteiger partial charge < -0.3 is 10.1 Å². The average molecular weight is 215 g/mol. The van der Waals surface area contributed by atoms with Crippen molar-refractivity contribution in [2.75, 3.05) is 19.7 Å². The van der Waals surface area contributed by atoms with Gasteiger partial charge in [0, 0.05) is 0 Å². The van der Waals surface area contributed by atoms with E-state index in [1.54, 1.807) is 0 Å². The van der Waals surface area contributed by atoms with Crippen molar-refractivity contribution >= 4 is 5.97 Å². The second kappa shape index (κ2) is 9.97. The maximum Gasteiger partial charge on any atom is 0.319 e. The fraction of sp³-hybridized carbons (Fsp3) is 0.917. The third-order valence-electron chi connectivity index (χ3n) is 2.40. The summed E-state index contributed by atoms with van der Waals surface area (Å²) in [6, 6.07) is 0. The van der Waals surface area contributed by atoms with Crippen molar-refractivity contribution in [3.05, 3.63) is 0 Å². The van der Waals surface area contributed by atoms with Crippen LogP contribution in [0.1, 0.15) is 46.5 Å². The van der Waals surface area contributed by atoms with E-state index in [0.29, 0.717) is 19.1 Å². The highest BCUT2D eigenvalue weighted by Crippen LogP contribution is 2.11. The minimum absolute atomic E-state index is 0.149. The monoisotopic (exact) mass is 215 g/mol. The van der Waals surface area contributed by atoms with E-state index in [1.165, 1.54) is 25.7 Å². The summed E-state index contributed by atoms with van der Waals surface area (Å²) in [7, 11) is 0. The predicted octanol–water partition coefficient (Wildman–Crippen LogP) is 2.36. The molecule has 0 radical (unpaired) electrons. The smallest absolute Gasteiger partial charge is 0.319 e. The summed E-state index contributed by atoms with van der Waals surface area (Å²) in [5.74, 6) is 0.554. The van der Waals surface area contributed by atoms with Gasteiger partial charge in [0.15, 0.2) is 0 Å². The normalized spacial score (nSPS) is 10.7. The molecule has 0 aliphatic heterocycles. The van der Waals surface area contributed by atoms with Crippen molar-refractivity contribution in [2.45, 2.75) is 46.5 Å². The fourth-order valence-corrected chi connectivity index (χ4v) is 1.76. The summed E-state index contributed by atoms with van der Waals surface area (Å²) >= 11 is 0. The summed E-state index contributed by atoms with van der Waals surface area (Å²) in [4.78, 5) is 11.1. The van der Waals surface area contributed by atoms with Gasteiger partial charge in [-0.25, -0.2) is 0 Å². The standard InChI is InChI=1S/C12H25NO2/c1-4-7-11(8-5-2)9-13-10-12(14)15-6-3/h11,13H,4-10H2,1-3H3. The number of esters is 1. The molecular formula is C12H25NO2. The summed E-state index contributed by atoms with van der Waals surface area (Å²) in [6.07, 6.45) is 4.91. The molecule has 3 nitrogen and oxygen atoms in total. The number of nitrogens with one attached hydrogen (secondary N) is 1. The predicted molar refractivity (Wildman–Crippen MR) is 62.8 cm³/mol. The van der Waals surface area contributed by atoms with Crippen LogP contribution >= 0.6 is 0 Å². The zero-order chi connectivity index (χ0) is 11.5. The Morgan fingerprint density at radius 1 is 1.20 bits per heavy atom. The lowest BCUT2D eigenvalue weighted by Crippen LogP contribution is -2.29. The van der Waals surface area contributed by atoms with Crippen molar-refractivity contribution in [2.24, 2.45) is 5.92 Å². The first kappa shape index (κ1) is 14.4. The Bertz CT molecular complexity index is 154. The minimum Gasteiger partial charge on any atom is -0.465 e.